The lowest BCUT2D eigenvalue weighted by atomic mass is 10.0. The Bertz CT molecular complexity index is 563. The summed E-state index contributed by atoms with van der Waals surface area (Å²) in [5, 5.41) is 14.8. The molecule has 0 saturated heterocycles. The third-order valence-electron chi connectivity index (χ3n) is 3.24. The molecule has 1 heterocycles. The summed E-state index contributed by atoms with van der Waals surface area (Å²) in [6.07, 6.45) is 0.0152. The molecule has 0 aliphatic rings. The average molecular weight is 274 g/mol. The van der Waals surface area contributed by atoms with Crippen LogP contribution in [0, 0.1) is 6.92 Å². The molecule has 1 unspecified atom stereocenters. The summed E-state index contributed by atoms with van der Waals surface area (Å²) in [5.41, 5.74) is 2.91. The summed E-state index contributed by atoms with van der Waals surface area (Å²) in [6, 6.07) is 9.66. The molecule has 0 bridgehead atoms. The molecule has 1 atom stereocenters. The van der Waals surface area contributed by atoms with Crippen molar-refractivity contribution in [2.75, 3.05) is 6.61 Å². The number of nitrogens with zero attached hydrogens (tertiary/aromatic N) is 2. The van der Waals surface area contributed by atoms with E-state index in [1.54, 1.807) is 0 Å². The molecule has 20 heavy (non-hydrogen) atoms. The van der Waals surface area contributed by atoms with Crippen molar-refractivity contribution in [2.24, 2.45) is 0 Å². The van der Waals surface area contributed by atoms with Crippen LogP contribution in [0.25, 0.3) is 0 Å². The van der Waals surface area contributed by atoms with Crippen LogP contribution in [0.4, 0.5) is 0 Å². The second kappa shape index (κ2) is 6.57. The Kier molecular flexibility index (Phi) is 4.79. The van der Waals surface area contributed by atoms with E-state index in [2.05, 4.69) is 12.0 Å². The number of aryl methyl sites for hydroxylation is 2. The average Bonchev–Trinajstić information content (AvgIpc) is 2.79. The van der Waals surface area contributed by atoms with Gasteiger partial charge in [-0.1, -0.05) is 12.1 Å². The topological polar surface area (TPSA) is 47.3 Å². The highest BCUT2D eigenvalue weighted by Crippen LogP contribution is 2.23. The molecule has 0 radical (unpaired) electrons. The van der Waals surface area contributed by atoms with Crippen LogP contribution in [-0.2, 0) is 13.0 Å². The predicted molar refractivity (Wildman–Crippen MR) is 78.9 cm³/mol. The van der Waals surface area contributed by atoms with E-state index in [0.717, 1.165) is 29.2 Å². The molecule has 0 saturated carbocycles. The molecule has 0 fully saturated rings. The van der Waals surface area contributed by atoms with Crippen LogP contribution in [-0.4, -0.2) is 21.5 Å². The van der Waals surface area contributed by atoms with Crippen molar-refractivity contribution >= 4 is 0 Å². The van der Waals surface area contributed by atoms with Gasteiger partial charge in [-0.2, -0.15) is 5.10 Å². The minimum absolute atomic E-state index is 0.545. The van der Waals surface area contributed by atoms with E-state index in [-0.39, 0.29) is 0 Å². The summed E-state index contributed by atoms with van der Waals surface area (Å²) >= 11 is 0. The summed E-state index contributed by atoms with van der Waals surface area (Å²) in [5.74, 6) is 0.796. The Labute approximate surface area is 120 Å². The Morgan fingerprint density at radius 2 is 2.10 bits per heavy atom. The quantitative estimate of drug-likeness (QED) is 0.881. The van der Waals surface area contributed by atoms with Crippen molar-refractivity contribution in [2.45, 2.75) is 39.8 Å². The van der Waals surface area contributed by atoms with Gasteiger partial charge in [-0.25, -0.2) is 0 Å². The molecule has 108 valence electrons. The van der Waals surface area contributed by atoms with Gasteiger partial charge in [0.05, 0.1) is 18.4 Å². The molecule has 1 aromatic carbocycles. The first-order valence-corrected chi connectivity index (χ1v) is 7.08. The van der Waals surface area contributed by atoms with E-state index in [0.29, 0.717) is 13.0 Å². The fraction of sp³-hybridized carbons (Fsp3) is 0.438. The number of aliphatic hydroxyl groups excluding tert-OH is 1. The fourth-order valence-electron chi connectivity index (χ4n) is 2.33. The lowest BCUT2D eigenvalue weighted by molar-refractivity contribution is 0.175. The monoisotopic (exact) mass is 274 g/mol. The van der Waals surface area contributed by atoms with Crippen molar-refractivity contribution in [1.29, 1.82) is 0 Å². The number of hydrogen-bond acceptors (Lipinski definition) is 3. The van der Waals surface area contributed by atoms with E-state index in [4.69, 9.17) is 4.74 Å². The van der Waals surface area contributed by atoms with Crippen LogP contribution >= 0.6 is 0 Å². The number of ether oxygens (including phenoxy) is 1. The normalized spacial score (nSPS) is 12.4. The number of aliphatic hydroxyl groups is 1. The highest BCUT2D eigenvalue weighted by atomic mass is 16.5. The molecule has 0 aliphatic carbocycles. The standard InChI is InChI=1S/C16H22N2O2/c1-4-18-14(9-12(3)17-18)11-16(19)13-7-6-8-15(10-13)20-5-2/h6-10,16,19H,4-5,11H2,1-3H3. The third kappa shape index (κ3) is 3.39. The predicted octanol–water partition coefficient (Wildman–Crippen LogP) is 2.89. The molecular formula is C16H22N2O2. The lowest BCUT2D eigenvalue weighted by Crippen LogP contribution is -2.08. The van der Waals surface area contributed by atoms with E-state index in [1.807, 2.05) is 48.9 Å². The van der Waals surface area contributed by atoms with Crippen molar-refractivity contribution in [3.8, 4) is 5.75 Å². The first-order valence-electron chi connectivity index (χ1n) is 7.08. The third-order valence-corrected chi connectivity index (χ3v) is 3.24. The van der Waals surface area contributed by atoms with Gasteiger partial charge in [-0.05, 0) is 44.5 Å². The highest BCUT2D eigenvalue weighted by Gasteiger charge is 2.13. The van der Waals surface area contributed by atoms with Gasteiger partial charge >= 0.3 is 0 Å². The lowest BCUT2D eigenvalue weighted by Gasteiger charge is -2.13. The van der Waals surface area contributed by atoms with Crippen LogP contribution in [0.1, 0.15) is 36.9 Å². The zero-order valence-corrected chi connectivity index (χ0v) is 12.3. The minimum atomic E-state index is -0.545. The number of rotatable bonds is 6. The minimum Gasteiger partial charge on any atom is -0.494 e. The van der Waals surface area contributed by atoms with Crippen molar-refractivity contribution < 1.29 is 9.84 Å². The van der Waals surface area contributed by atoms with E-state index >= 15 is 0 Å². The second-order valence-electron chi connectivity index (χ2n) is 4.82. The van der Waals surface area contributed by atoms with Crippen molar-refractivity contribution in [3.05, 3.63) is 47.3 Å². The summed E-state index contributed by atoms with van der Waals surface area (Å²) in [4.78, 5) is 0. The molecule has 2 rings (SSSR count). The Balaban J connectivity index is 2.14. The smallest absolute Gasteiger partial charge is 0.119 e. The fourth-order valence-corrected chi connectivity index (χ4v) is 2.33. The molecule has 0 aliphatic heterocycles. The van der Waals surface area contributed by atoms with Crippen LogP contribution in [0.5, 0.6) is 5.75 Å². The van der Waals surface area contributed by atoms with Gasteiger partial charge in [-0.3, -0.25) is 4.68 Å². The molecule has 4 heteroatoms. The first-order chi connectivity index (χ1) is 9.63. The highest BCUT2D eigenvalue weighted by molar-refractivity contribution is 5.30. The molecule has 2 aromatic rings. The van der Waals surface area contributed by atoms with Gasteiger partial charge in [0.2, 0.25) is 0 Å². The first kappa shape index (κ1) is 14.6. The van der Waals surface area contributed by atoms with E-state index in [1.165, 1.54) is 0 Å². The Morgan fingerprint density at radius 1 is 1.30 bits per heavy atom. The molecule has 0 spiro atoms. The van der Waals surface area contributed by atoms with Crippen LogP contribution in [0.2, 0.25) is 0 Å². The Morgan fingerprint density at radius 3 is 2.80 bits per heavy atom. The van der Waals surface area contributed by atoms with Gasteiger partial charge in [0.25, 0.3) is 0 Å². The van der Waals surface area contributed by atoms with E-state index < -0.39 is 6.10 Å². The van der Waals surface area contributed by atoms with Crippen LogP contribution < -0.4 is 4.74 Å². The molecule has 1 aromatic heterocycles. The second-order valence-corrected chi connectivity index (χ2v) is 4.82. The van der Waals surface area contributed by atoms with Gasteiger partial charge in [0.1, 0.15) is 5.75 Å². The van der Waals surface area contributed by atoms with Gasteiger partial charge in [0.15, 0.2) is 0 Å². The maximum Gasteiger partial charge on any atom is 0.119 e. The number of benzene rings is 1. The largest absolute Gasteiger partial charge is 0.494 e. The molecular weight excluding hydrogens is 252 g/mol. The van der Waals surface area contributed by atoms with Crippen molar-refractivity contribution in [1.82, 2.24) is 9.78 Å². The molecule has 0 amide bonds. The SMILES string of the molecule is CCOc1cccc(C(O)Cc2cc(C)nn2CC)c1. The summed E-state index contributed by atoms with van der Waals surface area (Å²) in [7, 11) is 0. The summed E-state index contributed by atoms with van der Waals surface area (Å²) in [6.45, 7) is 7.41. The maximum absolute atomic E-state index is 10.4. The number of hydrogen-bond donors (Lipinski definition) is 1. The number of aromatic nitrogens is 2. The van der Waals surface area contributed by atoms with Crippen LogP contribution in [0.15, 0.2) is 30.3 Å². The van der Waals surface area contributed by atoms with Crippen LogP contribution in [0.3, 0.4) is 0 Å². The van der Waals surface area contributed by atoms with Gasteiger partial charge in [0, 0.05) is 18.7 Å². The zero-order valence-electron chi connectivity index (χ0n) is 12.3. The molecule has 4 nitrogen and oxygen atoms in total. The zero-order chi connectivity index (χ0) is 14.5. The van der Waals surface area contributed by atoms with Crippen molar-refractivity contribution in [3.63, 3.8) is 0 Å². The maximum atomic E-state index is 10.4. The summed E-state index contributed by atoms with van der Waals surface area (Å²) < 4.78 is 7.40. The van der Waals surface area contributed by atoms with E-state index in [9.17, 15) is 5.11 Å². The Hall–Kier alpha value is -1.81. The van der Waals surface area contributed by atoms with Gasteiger partial charge < -0.3 is 9.84 Å². The van der Waals surface area contributed by atoms with Gasteiger partial charge in [-0.15, -0.1) is 0 Å². The molecule has 1 N–H and O–H groups in total.